The third-order valence-corrected chi connectivity index (χ3v) is 4.47. The summed E-state index contributed by atoms with van der Waals surface area (Å²) in [5.74, 6) is 0.127. The minimum Gasteiger partial charge on any atom is -0.422 e. The number of hydrogen-bond acceptors (Lipinski definition) is 4. The van der Waals surface area contributed by atoms with Crippen LogP contribution in [0.3, 0.4) is 0 Å². The normalized spacial score (nSPS) is 16.0. The molecule has 1 fully saturated rings. The first-order valence-corrected chi connectivity index (χ1v) is 7.96. The number of nitrogens with zero attached hydrogens (tertiary/aromatic N) is 2. The van der Waals surface area contributed by atoms with Gasteiger partial charge in [0.05, 0.1) is 0 Å². The van der Waals surface area contributed by atoms with Gasteiger partial charge in [-0.3, -0.25) is 9.69 Å². The van der Waals surface area contributed by atoms with Crippen LogP contribution in [-0.2, 0) is 11.3 Å². The number of amides is 1. The van der Waals surface area contributed by atoms with E-state index < -0.39 is 0 Å². The van der Waals surface area contributed by atoms with Gasteiger partial charge in [0.2, 0.25) is 5.91 Å². The van der Waals surface area contributed by atoms with Gasteiger partial charge in [-0.1, -0.05) is 6.07 Å². The first kappa shape index (κ1) is 15.7. The summed E-state index contributed by atoms with van der Waals surface area (Å²) in [6.07, 6.45) is 0. The zero-order valence-corrected chi connectivity index (χ0v) is 13.9. The topological polar surface area (TPSA) is 53.8 Å². The molecule has 1 aliphatic rings. The van der Waals surface area contributed by atoms with E-state index in [0.717, 1.165) is 48.3 Å². The Labute approximate surface area is 135 Å². The third kappa shape index (κ3) is 3.29. The molecule has 0 bridgehead atoms. The van der Waals surface area contributed by atoms with Crippen LogP contribution in [0.5, 0.6) is 0 Å². The van der Waals surface area contributed by atoms with E-state index >= 15 is 0 Å². The number of carbonyl (C=O) groups is 1. The number of benzene rings is 1. The number of carbonyl (C=O) groups excluding carboxylic acids is 1. The highest BCUT2D eigenvalue weighted by molar-refractivity contribution is 5.83. The summed E-state index contributed by atoms with van der Waals surface area (Å²) in [6, 6.07) is 5.70. The molecule has 0 spiro atoms. The molecule has 0 atom stereocenters. The zero-order chi connectivity index (χ0) is 16.6. The Kier molecular flexibility index (Phi) is 4.22. The van der Waals surface area contributed by atoms with Crippen molar-refractivity contribution in [1.82, 2.24) is 9.80 Å². The summed E-state index contributed by atoms with van der Waals surface area (Å²) in [5, 5.41) is 1.01. The van der Waals surface area contributed by atoms with Crippen molar-refractivity contribution in [2.75, 3.05) is 26.2 Å². The van der Waals surface area contributed by atoms with Crippen molar-refractivity contribution < 1.29 is 9.21 Å². The molecule has 1 aliphatic heterocycles. The highest BCUT2D eigenvalue weighted by Crippen LogP contribution is 2.23. The molecule has 0 radical (unpaired) electrons. The van der Waals surface area contributed by atoms with Gasteiger partial charge >= 0.3 is 5.63 Å². The summed E-state index contributed by atoms with van der Waals surface area (Å²) in [5.41, 5.74) is 3.52. The predicted octanol–water partition coefficient (Wildman–Crippen LogP) is 2.07. The predicted molar refractivity (Wildman–Crippen MR) is 89.5 cm³/mol. The summed E-state index contributed by atoms with van der Waals surface area (Å²) in [4.78, 5) is 27.4. The average Bonchev–Trinajstić information content (AvgIpc) is 2.49. The first-order valence-electron chi connectivity index (χ1n) is 7.96. The molecule has 5 heteroatoms. The van der Waals surface area contributed by atoms with Crippen molar-refractivity contribution in [3.8, 4) is 0 Å². The van der Waals surface area contributed by atoms with Gasteiger partial charge in [-0.2, -0.15) is 0 Å². The molecule has 2 aromatic rings. The lowest BCUT2D eigenvalue weighted by atomic mass is 10.0. The van der Waals surface area contributed by atoms with Crippen LogP contribution < -0.4 is 5.63 Å². The van der Waals surface area contributed by atoms with Gasteiger partial charge in [0, 0.05) is 51.1 Å². The van der Waals surface area contributed by atoms with E-state index in [0.29, 0.717) is 12.1 Å². The van der Waals surface area contributed by atoms with Crippen LogP contribution >= 0.6 is 0 Å². The maximum atomic E-state index is 11.9. The van der Waals surface area contributed by atoms with Gasteiger partial charge < -0.3 is 9.32 Å². The fourth-order valence-electron chi connectivity index (χ4n) is 3.27. The Morgan fingerprint density at radius 3 is 2.48 bits per heavy atom. The van der Waals surface area contributed by atoms with Crippen LogP contribution in [0.2, 0.25) is 0 Å². The van der Waals surface area contributed by atoms with Crippen LogP contribution in [0.15, 0.2) is 27.4 Å². The lowest BCUT2D eigenvalue weighted by molar-refractivity contribution is -0.130. The average molecular weight is 314 g/mol. The summed E-state index contributed by atoms with van der Waals surface area (Å²) in [6.45, 7) is 9.46. The zero-order valence-electron chi connectivity index (χ0n) is 13.9. The van der Waals surface area contributed by atoms with E-state index in [-0.39, 0.29) is 11.5 Å². The third-order valence-electron chi connectivity index (χ3n) is 4.47. The highest BCUT2D eigenvalue weighted by atomic mass is 16.4. The summed E-state index contributed by atoms with van der Waals surface area (Å²) < 4.78 is 5.40. The molecule has 5 nitrogen and oxygen atoms in total. The number of rotatable bonds is 2. The smallest absolute Gasteiger partial charge is 0.336 e. The molecule has 3 rings (SSSR count). The van der Waals surface area contributed by atoms with Gasteiger partial charge in [0.25, 0.3) is 0 Å². The van der Waals surface area contributed by atoms with Gasteiger partial charge in [-0.25, -0.2) is 4.79 Å². The van der Waals surface area contributed by atoms with Crippen LogP contribution in [0.1, 0.15) is 23.6 Å². The molecule has 2 heterocycles. The number of piperazine rings is 1. The second kappa shape index (κ2) is 6.16. The van der Waals surface area contributed by atoms with Gasteiger partial charge in [-0.05, 0) is 36.6 Å². The summed E-state index contributed by atoms with van der Waals surface area (Å²) >= 11 is 0. The van der Waals surface area contributed by atoms with E-state index in [1.165, 1.54) is 0 Å². The molecule has 0 aliphatic carbocycles. The maximum absolute atomic E-state index is 11.9. The maximum Gasteiger partial charge on any atom is 0.336 e. The Hall–Kier alpha value is -2.14. The largest absolute Gasteiger partial charge is 0.422 e. The van der Waals surface area contributed by atoms with Gasteiger partial charge in [0.1, 0.15) is 5.58 Å². The number of fused-ring (bicyclic) bond motifs is 1. The SMILES string of the molecule is CC(=O)N1CCN(Cc2cc(=O)oc3c(C)cc(C)cc23)CC1. The molecular formula is C18H22N2O3. The molecular weight excluding hydrogens is 292 g/mol. The fourth-order valence-corrected chi connectivity index (χ4v) is 3.27. The second-order valence-corrected chi connectivity index (χ2v) is 6.33. The molecule has 0 N–H and O–H groups in total. The van der Waals surface area contributed by atoms with Gasteiger partial charge in [0.15, 0.2) is 0 Å². The molecule has 1 saturated heterocycles. The van der Waals surface area contributed by atoms with Crippen LogP contribution in [0.4, 0.5) is 0 Å². The Morgan fingerprint density at radius 2 is 1.83 bits per heavy atom. The molecule has 0 saturated carbocycles. The van der Waals surface area contributed by atoms with E-state index in [1.54, 1.807) is 13.0 Å². The van der Waals surface area contributed by atoms with Gasteiger partial charge in [-0.15, -0.1) is 0 Å². The standard InChI is InChI=1S/C18H22N2O3/c1-12-8-13(2)18-16(9-12)15(10-17(22)23-18)11-19-4-6-20(7-5-19)14(3)21/h8-10H,4-7,11H2,1-3H3. The van der Waals surface area contributed by atoms with Crippen LogP contribution in [0, 0.1) is 13.8 Å². The monoisotopic (exact) mass is 314 g/mol. The minimum absolute atomic E-state index is 0.127. The molecule has 1 amide bonds. The van der Waals surface area contributed by atoms with Crippen molar-refractivity contribution in [2.24, 2.45) is 0 Å². The molecule has 23 heavy (non-hydrogen) atoms. The quantitative estimate of drug-likeness (QED) is 0.796. The number of hydrogen-bond donors (Lipinski definition) is 0. The highest BCUT2D eigenvalue weighted by Gasteiger charge is 2.20. The van der Waals surface area contributed by atoms with Crippen LogP contribution in [-0.4, -0.2) is 41.9 Å². The van der Waals surface area contributed by atoms with E-state index in [9.17, 15) is 9.59 Å². The fraction of sp³-hybridized carbons (Fsp3) is 0.444. The molecule has 1 aromatic heterocycles. The van der Waals surface area contributed by atoms with Crippen molar-refractivity contribution in [1.29, 1.82) is 0 Å². The van der Waals surface area contributed by atoms with Crippen molar-refractivity contribution in [2.45, 2.75) is 27.3 Å². The number of aryl methyl sites for hydroxylation is 2. The molecule has 0 unspecified atom stereocenters. The van der Waals surface area contributed by atoms with Crippen molar-refractivity contribution >= 4 is 16.9 Å². The molecule has 122 valence electrons. The van der Waals surface area contributed by atoms with Crippen molar-refractivity contribution in [3.63, 3.8) is 0 Å². The van der Waals surface area contributed by atoms with Crippen molar-refractivity contribution in [3.05, 3.63) is 45.3 Å². The van der Waals surface area contributed by atoms with Crippen LogP contribution in [0.25, 0.3) is 11.0 Å². The lowest BCUT2D eigenvalue weighted by Gasteiger charge is -2.34. The van der Waals surface area contributed by atoms with E-state index in [4.69, 9.17) is 4.42 Å². The van der Waals surface area contributed by atoms with E-state index in [1.807, 2.05) is 24.8 Å². The van der Waals surface area contributed by atoms with E-state index in [2.05, 4.69) is 11.0 Å². The first-order chi connectivity index (χ1) is 10.9. The second-order valence-electron chi connectivity index (χ2n) is 6.33. The lowest BCUT2D eigenvalue weighted by Crippen LogP contribution is -2.47. The molecule has 1 aromatic carbocycles. The minimum atomic E-state index is -0.304. The Balaban J connectivity index is 1.89. The summed E-state index contributed by atoms with van der Waals surface area (Å²) in [7, 11) is 0. The Bertz CT molecular complexity index is 802. The Morgan fingerprint density at radius 1 is 1.13 bits per heavy atom.